The minimum absolute atomic E-state index is 0.00619. The van der Waals surface area contributed by atoms with Crippen LogP contribution in [-0.2, 0) is 9.59 Å². The van der Waals surface area contributed by atoms with Crippen molar-refractivity contribution in [2.45, 2.75) is 12.5 Å². The van der Waals surface area contributed by atoms with Gasteiger partial charge in [0.1, 0.15) is 23.1 Å². The average molecular weight is 442 g/mol. The maximum Gasteiger partial charge on any atom is 0.295 e. The Kier molecular flexibility index (Phi) is 7.15. The lowest BCUT2D eigenvalue weighted by Gasteiger charge is -2.26. The number of halogens is 1. The first kappa shape index (κ1) is 23.3. The highest BCUT2D eigenvalue weighted by atomic mass is 19.1. The van der Waals surface area contributed by atoms with Crippen LogP contribution in [0.1, 0.15) is 23.6 Å². The third kappa shape index (κ3) is 4.60. The Bertz CT molecular complexity index is 1050. The number of aliphatic hydroxyl groups is 1. The summed E-state index contributed by atoms with van der Waals surface area (Å²) in [7, 11) is 6.74. The largest absolute Gasteiger partial charge is 0.507 e. The first-order valence-electron chi connectivity index (χ1n) is 10.2. The summed E-state index contributed by atoms with van der Waals surface area (Å²) in [6.07, 6.45) is 0.629. The van der Waals surface area contributed by atoms with Gasteiger partial charge in [-0.15, -0.1) is 0 Å². The van der Waals surface area contributed by atoms with Crippen molar-refractivity contribution in [1.82, 2.24) is 9.80 Å². The van der Waals surface area contributed by atoms with Crippen LogP contribution >= 0.6 is 0 Å². The van der Waals surface area contributed by atoms with Crippen molar-refractivity contribution in [3.05, 3.63) is 65.0 Å². The van der Waals surface area contributed by atoms with Crippen LogP contribution in [0.5, 0.6) is 11.5 Å². The van der Waals surface area contributed by atoms with Crippen molar-refractivity contribution in [2.24, 2.45) is 0 Å². The highest BCUT2D eigenvalue weighted by Crippen LogP contribution is 2.41. The lowest BCUT2D eigenvalue weighted by molar-refractivity contribution is -0.139. The van der Waals surface area contributed by atoms with E-state index in [-0.39, 0.29) is 16.9 Å². The molecule has 0 bridgehead atoms. The van der Waals surface area contributed by atoms with Gasteiger partial charge >= 0.3 is 0 Å². The minimum atomic E-state index is -0.847. The maximum atomic E-state index is 14.0. The van der Waals surface area contributed by atoms with Crippen molar-refractivity contribution in [3.8, 4) is 11.5 Å². The zero-order valence-corrected chi connectivity index (χ0v) is 18.6. The molecule has 1 heterocycles. The summed E-state index contributed by atoms with van der Waals surface area (Å²) in [5, 5.41) is 11.1. The van der Waals surface area contributed by atoms with E-state index in [2.05, 4.69) is 0 Å². The predicted molar refractivity (Wildman–Crippen MR) is 118 cm³/mol. The highest BCUT2D eigenvalue weighted by Gasteiger charge is 2.46. The number of Topliss-reactive ketones (excluding diaryl/α,β-unsaturated/α-hetero) is 1. The normalized spacial score (nSPS) is 17.8. The first-order chi connectivity index (χ1) is 15.3. The van der Waals surface area contributed by atoms with E-state index in [0.717, 1.165) is 6.07 Å². The number of ketones is 1. The summed E-state index contributed by atoms with van der Waals surface area (Å²) < 4.78 is 24.5. The van der Waals surface area contributed by atoms with Gasteiger partial charge in [-0.2, -0.15) is 0 Å². The van der Waals surface area contributed by atoms with E-state index < -0.39 is 29.3 Å². The van der Waals surface area contributed by atoms with Gasteiger partial charge in [-0.1, -0.05) is 12.1 Å². The molecule has 0 saturated carbocycles. The molecule has 7 nitrogen and oxygen atoms in total. The molecule has 1 aliphatic rings. The molecule has 2 aromatic carbocycles. The fraction of sp³-hybridized carbons (Fsp3) is 0.333. The van der Waals surface area contributed by atoms with Gasteiger partial charge in [-0.05, 0) is 63.0 Å². The SMILES string of the molecule is COc1cccc([C@@H]2/C(=C(\O)c3cc(F)ccc3OC)C(=O)C(=O)N2CCCN(C)C)c1. The maximum absolute atomic E-state index is 14.0. The van der Waals surface area contributed by atoms with Crippen LogP contribution in [-0.4, -0.2) is 68.0 Å². The summed E-state index contributed by atoms with van der Waals surface area (Å²) in [6.45, 7) is 1.02. The minimum Gasteiger partial charge on any atom is -0.507 e. The first-order valence-corrected chi connectivity index (χ1v) is 10.2. The number of hydrogen-bond donors (Lipinski definition) is 1. The second kappa shape index (κ2) is 9.82. The Morgan fingerprint density at radius 3 is 2.53 bits per heavy atom. The van der Waals surface area contributed by atoms with Crippen LogP contribution in [0.4, 0.5) is 4.39 Å². The summed E-state index contributed by atoms with van der Waals surface area (Å²) >= 11 is 0. The number of aliphatic hydroxyl groups excluding tert-OH is 1. The molecule has 0 spiro atoms. The number of amides is 1. The van der Waals surface area contributed by atoms with Gasteiger partial charge in [0, 0.05) is 6.54 Å². The molecule has 0 aliphatic carbocycles. The van der Waals surface area contributed by atoms with E-state index in [1.54, 1.807) is 24.3 Å². The average Bonchev–Trinajstić information content (AvgIpc) is 3.03. The van der Waals surface area contributed by atoms with Crippen LogP contribution in [0.15, 0.2) is 48.0 Å². The number of hydrogen-bond acceptors (Lipinski definition) is 6. The number of ether oxygens (including phenoxy) is 2. The summed E-state index contributed by atoms with van der Waals surface area (Å²) in [6, 6.07) is 9.75. The number of methoxy groups -OCH3 is 2. The number of carbonyl (C=O) groups excluding carboxylic acids is 2. The van der Waals surface area contributed by atoms with E-state index in [4.69, 9.17) is 9.47 Å². The van der Waals surface area contributed by atoms with Crippen LogP contribution in [0.2, 0.25) is 0 Å². The Morgan fingerprint density at radius 2 is 1.88 bits per heavy atom. The highest BCUT2D eigenvalue weighted by molar-refractivity contribution is 6.46. The van der Waals surface area contributed by atoms with Crippen molar-refractivity contribution in [3.63, 3.8) is 0 Å². The second-order valence-electron chi connectivity index (χ2n) is 7.77. The topological polar surface area (TPSA) is 79.3 Å². The van der Waals surface area contributed by atoms with Crippen molar-refractivity contribution in [1.29, 1.82) is 0 Å². The number of likely N-dealkylation sites (tertiary alicyclic amines) is 1. The lowest BCUT2D eigenvalue weighted by atomic mass is 9.94. The van der Waals surface area contributed by atoms with E-state index in [1.165, 1.54) is 31.3 Å². The molecule has 0 radical (unpaired) electrons. The van der Waals surface area contributed by atoms with E-state index in [0.29, 0.717) is 30.8 Å². The third-order valence-electron chi connectivity index (χ3n) is 5.37. The standard InChI is InChI=1S/C24H27FN2O5/c1-26(2)11-6-12-27-21(15-7-5-8-17(13-15)31-3)20(23(29)24(27)30)22(28)18-14-16(25)9-10-19(18)32-4/h5,7-10,13-14,21,28H,6,11-12H2,1-4H3/b22-20+/t21-/m1/s1. The zero-order valence-electron chi connectivity index (χ0n) is 18.6. The van der Waals surface area contributed by atoms with Crippen LogP contribution in [0.3, 0.4) is 0 Å². The Labute approximate surface area is 186 Å². The fourth-order valence-corrected chi connectivity index (χ4v) is 3.84. The van der Waals surface area contributed by atoms with Crippen LogP contribution in [0.25, 0.3) is 5.76 Å². The summed E-state index contributed by atoms with van der Waals surface area (Å²) in [5.74, 6) is -1.90. The van der Waals surface area contributed by atoms with Crippen molar-refractivity contribution in [2.75, 3.05) is 41.4 Å². The van der Waals surface area contributed by atoms with Gasteiger partial charge < -0.3 is 24.4 Å². The number of benzene rings is 2. The smallest absolute Gasteiger partial charge is 0.295 e. The number of rotatable bonds is 8. The second-order valence-corrected chi connectivity index (χ2v) is 7.77. The molecule has 1 N–H and O–H groups in total. The van der Waals surface area contributed by atoms with Gasteiger partial charge in [0.15, 0.2) is 0 Å². The Hall–Kier alpha value is -3.39. The summed E-state index contributed by atoms with van der Waals surface area (Å²) in [5.41, 5.74) is 0.494. The van der Waals surface area contributed by atoms with Gasteiger partial charge in [0.05, 0.1) is 31.4 Å². The molecule has 1 fully saturated rings. The molecule has 0 aromatic heterocycles. The van der Waals surface area contributed by atoms with E-state index in [9.17, 15) is 19.1 Å². The predicted octanol–water partition coefficient (Wildman–Crippen LogP) is 3.22. The van der Waals surface area contributed by atoms with Crippen molar-refractivity contribution >= 4 is 17.4 Å². The zero-order chi connectivity index (χ0) is 23.4. The molecule has 32 heavy (non-hydrogen) atoms. The number of carbonyl (C=O) groups is 2. The molecule has 1 aliphatic heterocycles. The summed E-state index contributed by atoms with van der Waals surface area (Å²) in [4.78, 5) is 29.5. The van der Waals surface area contributed by atoms with Gasteiger partial charge in [-0.25, -0.2) is 4.39 Å². The van der Waals surface area contributed by atoms with Gasteiger partial charge in [0.2, 0.25) is 0 Å². The molecular formula is C24H27FN2O5. The molecule has 3 rings (SSSR count). The molecule has 2 aromatic rings. The monoisotopic (exact) mass is 442 g/mol. The van der Waals surface area contributed by atoms with Crippen LogP contribution < -0.4 is 9.47 Å². The quantitative estimate of drug-likeness (QED) is 0.384. The molecule has 0 unspecified atom stereocenters. The van der Waals surface area contributed by atoms with Gasteiger partial charge in [-0.3, -0.25) is 9.59 Å². The van der Waals surface area contributed by atoms with Crippen LogP contribution in [0, 0.1) is 5.82 Å². The molecular weight excluding hydrogens is 415 g/mol. The molecule has 1 amide bonds. The molecule has 1 saturated heterocycles. The van der Waals surface area contributed by atoms with Crippen molar-refractivity contribution < 1.29 is 28.6 Å². The van der Waals surface area contributed by atoms with Gasteiger partial charge in [0.25, 0.3) is 11.7 Å². The molecule has 8 heteroatoms. The Morgan fingerprint density at radius 1 is 1.12 bits per heavy atom. The fourth-order valence-electron chi connectivity index (χ4n) is 3.84. The van der Waals surface area contributed by atoms with E-state index in [1.807, 2.05) is 19.0 Å². The number of nitrogens with zero attached hydrogens (tertiary/aromatic N) is 2. The van der Waals surface area contributed by atoms with E-state index >= 15 is 0 Å². The lowest BCUT2D eigenvalue weighted by Crippen LogP contribution is -2.32. The third-order valence-corrected chi connectivity index (χ3v) is 5.37. The molecule has 170 valence electrons. The Balaban J connectivity index is 2.17. The molecule has 1 atom stereocenters.